The molecule has 0 N–H and O–H groups in total. The van der Waals surface area contributed by atoms with Gasteiger partial charge in [-0.3, -0.25) is 9.59 Å². The van der Waals surface area contributed by atoms with Gasteiger partial charge in [-0.25, -0.2) is 0 Å². The third-order valence-corrected chi connectivity index (χ3v) is 8.07. The highest BCUT2D eigenvalue weighted by Crippen LogP contribution is 2.64. The predicted molar refractivity (Wildman–Crippen MR) is 101 cm³/mol. The van der Waals surface area contributed by atoms with Crippen LogP contribution >= 0.6 is 0 Å². The van der Waals surface area contributed by atoms with E-state index < -0.39 is 0 Å². The summed E-state index contributed by atoms with van der Waals surface area (Å²) in [6, 6.07) is 0. The van der Waals surface area contributed by atoms with Crippen molar-refractivity contribution in [3.8, 4) is 0 Å². The van der Waals surface area contributed by atoms with Crippen molar-refractivity contribution < 1.29 is 14.3 Å². The van der Waals surface area contributed by atoms with Gasteiger partial charge >= 0.3 is 5.97 Å². The molecule has 1 fully saturated rings. The predicted octanol–water partition coefficient (Wildman–Crippen LogP) is 4.93. The minimum Gasteiger partial charge on any atom is -0.459 e. The number of fused-ring (bicyclic) bond motifs is 5. The molecular formula is C23H30O3. The normalized spacial score (nSPS) is 43.8. The van der Waals surface area contributed by atoms with E-state index in [4.69, 9.17) is 4.74 Å². The van der Waals surface area contributed by atoms with Crippen molar-refractivity contribution in [2.75, 3.05) is 0 Å². The Morgan fingerprint density at radius 1 is 1.27 bits per heavy atom. The van der Waals surface area contributed by atoms with Crippen molar-refractivity contribution in [3.05, 3.63) is 35.5 Å². The highest BCUT2D eigenvalue weighted by atomic mass is 16.6. The van der Waals surface area contributed by atoms with Gasteiger partial charge in [-0.1, -0.05) is 44.6 Å². The first-order valence-electron chi connectivity index (χ1n) is 10.1. The van der Waals surface area contributed by atoms with Gasteiger partial charge < -0.3 is 4.74 Å². The molecule has 0 bridgehead atoms. The van der Waals surface area contributed by atoms with Crippen LogP contribution in [0.4, 0.5) is 0 Å². The van der Waals surface area contributed by atoms with Crippen molar-refractivity contribution in [2.24, 2.45) is 22.7 Å². The monoisotopic (exact) mass is 354 g/mol. The van der Waals surface area contributed by atoms with E-state index in [2.05, 4.69) is 39.0 Å². The smallest absolute Gasteiger partial charge is 0.306 e. The number of rotatable bonds is 2. The number of ketones is 1. The maximum Gasteiger partial charge on any atom is 0.306 e. The first-order valence-corrected chi connectivity index (χ1v) is 10.1. The Bertz CT molecular complexity index is 757. The van der Waals surface area contributed by atoms with E-state index in [0.29, 0.717) is 24.7 Å². The summed E-state index contributed by atoms with van der Waals surface area (Å²) in [7, 11) is 0. The maximum atomic E-state index is 12.1. The van der Waals surface area contributed by atoms with Gasteiger partial charge in [-0.2, -0.15) is 0 Å². The molecule has 3 heteroatoms. The van der Waals surface area contributed by atoms with Crippen molar-refractivity contribution in [2.45, 2.75) is 71.8 Å². The van der Waals surface area contributed by atoms with Gasteiger partial charge in [-0.15, -0.1) is 0 Å². The summed E-state index contributed by atoms with van der Waals surface area (Å²) in [6.45, 7) is 8.62. The number of esters is 1. The molecule has 2 unspecified atom stereocenters. The second kappa shape index (κ2) is 5.68. The molecular weight excluding hydrogens is 324 g/mol. The van der Waals surface area contributed by atoms with Gasteiger partial charge in [0.05, 0.1) is 0 Å². The SMILES string of the molecule is CCC(=O)O[C@@]1(C)CCC2C3C=CC4=CC(=O)CC[C@]4(C)C3=CC[C@@]21C. The molecule has 0 aromatic rings. The highest BCUT2D eigenvalue weighted by molar-refractivity contribution is 5.92. The molecule has 0 aromatic heterocycles. The minimum absolute atomic E-state index is 0.00621. The van der Waals surface area contributed by atoms with Crippen molar-refractivity contribution in [3.63, 3.8) is 0 Å². The Labute approximate surface area is 156 Å². The quantitative estimate of drug-likeness (QED) is 0.522. The summed E-state index contributed by atoms with van der Waals surface area (Å²) < 4.78 is 6.00. The van der Waals surface area contributed by atoms with E-state index >= 15 is 0 Å². The van der Waals surface area contributed by atoms with Gasteiger partial charge in [0, 0.05) is 29.6 Å². The lowest BCUT2D eigenvalue weighted by molar-refractivity contribution is -0.171. The van der Waals surface area contributed by atoms with Gasteiger partial charge in [0.15, 0.2) is 5.78 Å². The highest BCUT2D eigenvalue weighted by Gasteiger charge is 2.61. The minimum atomic E-state index is -0.389. The fourth-order valence-electron chi connectivity index (χ4n) is 6.04. The Morgan fingerprint density at radius 2 is 2.04 bits per heavy atom. The van der Waals surface area contributed by atoms with E-state index in [0.717, 1.165) is 25.7 Å². The van der Waals surface area contributed by atoms with Crippen LogP contribution < -0.4 is 0 Å². The molecule has 1 saturated carbocycles. The fraction of sp³-hybridized carbons (Fsp3) is 0.652. The van der Waals surface area contributed by atoms with Gasteiger partial charge in [0.25, 0.3) is 0 Å². The third-order valence-electron chi connectivity index (χ3n) is 8.07. The number of hydrogen-bond donors (Lipinski definition) is 0. The van der Waals surface area contributed by atoms with Crippen LogP contribution in [-0.4, -0.2) is 17.4 Å². The average Bonchev–Trinajstić information content (AvgIpc) is 2.86. The number of carbonyl (C=O) groups is 2. The molecule has 4 aliphatic rings. The zero-order valence-corrected chi connectivity index (χ0v) is 16.4. The molecule has 4 rings (SSSR count). The summed E-state index contributed by atoms with van der Waals surface area (Å²) in [5, 5.41) is 0. The summed E-state index contributed by atoms with van der Waals surface area (Å²) in [4.78, 5) is 23.9. The summed E-state index contributed by atoms with van der Waals surface area (Å²) >= 11 is 0. The third kappa shape index (κ3) is 2.25. The molecule has 0 radical (unpaired) electrons. The molecule has 0 spiro atoms. The lowest BCUT2D eigenvalue weighted by Crippen LogP contribution is -2.50. The van der Waals surface area contributed by atoms with Crippen LogP contribution in [0.25, 0.3) is 0 Å². The van der Waals surface area contributed by atoms with E-state index in [1.165, 1.54) is 11.1 Å². The van der Waals surface area contributed by atoms with Crippen LogP contribution in [-0.2, 0) is 14.3 Å². The first-order chi connectivity index (χ1) is 12.2. The molecule has 3 nitrogen and oxygen atoms in total. The number of hydrogen-bond acceptors (Lipinski definition) is 3. The largest absolute Gasteiger partial charge is 0.459 e. The molecule has 0 aliphatic heterocycles. The summed E-state index contributed by atoms with van der Waals surface area (Å²) in [5.41, 5.74) is 2.25. The Morgan fingerprint density at radius 3 is 2.77 bits per heavy atom. The number of ether oxygens (including phenoxy) is 1. The number of carbonyl (C=O) groups excluding carboxylic acids is 2. The molecule has 26 heavy (non-hydrogen) atoms. The van der Waals surface area contributed by atoms with Crippen LogP contribution in [0.1, 0.15) is 66.2 Å². The second-order valence-corrected chi connectivity index (χ2v) is 9.27. The summed E-state index contributed by atoms with van der Waals surface area (Å²) in [5.74, 6) is 1.05. The van der Waals surface area contributed by atoms with Crippen molar-refractivity contribution in [1.82, 2.24) is 0 Å². The zero-order valence-electron chi connectivity index (χ0n) is 16.4. The van der Waals surface area contributed by atoms with Crippen molar-refractivity contribution in [1.29, 1.82) is 0 Å². The van der Waals surface area contributed by atoms with Crippen LogP contribution in [0.2, 0.25) is 0 Å². The maximum absolute atomic E-state index is 12.1. The Balaban J connectivity index is 1.73. The molecule has 0 aromatic carbocycles. The molecule has 140 valence electrons. The Kier molecular flexibility index (Phi) is 3.88. The number of allylic oxidation sites excluding steroid dienone is 6. The fourth-order valence-corrected chi connectivity index (χ4v) is 6.04. The average molecular weight is 354 g/mol. The van der Waals surface area contributed by atoms with Crippen molar-refractivity contribution >= 4 is 11.8 Å². The van der Waals surface area contributed by atoms with E-state index in [9.17, 15) is 9.59 Å². The lowest BCUT2D eigenvalue weighted by Gasteiger charge is -2.53. The van der Waals surface area contributed by atoms with E-state index in [1.54, 1.807) is 0 Å². The summed E-state index contributed by atoms with van der Waals surface area (Å²) in [6.07, 6.45) is 13.7. The molecule has 5 atom stereocenters. The molecule has 0 saturated heterocycles. The topological polar surface area (TPSA) is 43.4 Å². The van der Waals surface area contributed by atoms with E-state index in [-0.39, 0.29) is 28.2 Å². The van der Waals surface area contributed by atoms with Gasteiger partial charge in [0.2, 0.25) is 0 Å². The lowest BCUT2D eigenvalue weighted by atomic mass is 9.53. The molecule has 4 aliphatic carbocycles. The van der Waals surface area contributed by atoms with E-state index in [1.807, 2.05) is 13.0 Å². The van der Waals surface area contributed by atoms with Gasteiger partial charge in [-0.05, 0) is 50.2 Å². The zero-order chi connectivity index (χ0) is 18.7. The standard InChI is InChI=1S/C23H30O3/c1-5-20(25)26-23(4)13-10-19-17-7-6-15-14-16(24)8-11-21(15,2)18(17)9-12-22(19,23)3/h6-7,9,14,17,19H,5,8,10-13H2,1-4H3/t17?,19?,21-,22-,23-/m0/s1. The molecule has 0 heterocycles. The van der Waals surface area contributed by atoms with Crippen LogP contribution in [0, 0.1) is 22.7 Å². The second-order valence-electron chi connectivity index (χ2n) is 9.27. The first kappa shape index (κ1) is 17.8. The van der Waals surface area contributed by atoms with Crippen LogP contribution in [0.3, 0.4) is 0 Å². The van der Waals surface area contributed by atoms with Crippen LogP contribution in [0.15, 0.2) is 35.5 Å². The van der Waals surface area contributed by atoms with Crippen LogP contribution in [0.5, 0.6) is 0 Å². The molecule has 0 amide bonds. The van der Waals surface area contributed by atoms with Gasteiger partial charge in [0.1, 0.15) is 5.60 Å². The Hall–Kier alpha value is -1.64.